The molecule has 3 aromatic carbocycles. The topological polar surface area (TPSA) is 0 Å². The lowest BCUT2D eigenvalue weighted by molar-refractivity contribution is 0.678. The minimum Gasteiger partial charge on any atom is -0.0622 e. The third-order valence-corrected chi connectivity index (χ3v) is 5.63. The molecule has 0 spiro atoms. The van der Waals surface area contributed by atoms with Gasteiger partial charge in [0.25, 0.3) is 0 Å². The smallest absolute Gasteiger partial charge is 0.0101 e. The van der Waals surface area contributed by atoms with Crippen molar-refractivity contribution in [2.24, 2.45) is 0 Å². The lowest BCUT2D eigenvalue weighted by Crippen LogP contribution is -2.05. The zero-order valence-corrected chi connectivity index (χ0v) is 14.4. The van der Waals surface area contributed by atoms with Gasteiger partial charge in [0, 0.05) is 11.8 Å². The van der Waals surface area contributed by atoms with Crippen LogP contribution in [0.3, 0.4) is 0 Å². The quantitative estimate of drug-likeness (QED) is 0.519. The Morgan fingerprint density at radius 3 is 2.04 bits per heavy atom. The second kappa shape index (κ2) is 6.28. The second-order valence-electron chi connectivity index (χ2n) is 7.08. The van der Waals surface area contributed by atoms with E-state index < -0.39 is 0 Å². The molecule has 0 amide bonds. The molecule has 0 unspecified atom stereocenters. The Hall–Kier alpha value is -2.34. The molecule has 0 bridgehead atoms. The van der Waals surface area contributed by atoms with E-state index >= 15 is 0 Å². The molecule has 0 aliphatic heterocycles. The molecule has 4 rings (SSSR count). The van der Waals surface area contributed by atoms with Crippen LogP contribution in [0.4, 0.5) is 0 Å². The van der Waals surface area contributed by atoms with Crippen LogP contribution < -0.4 is 0 Å². The van der Waals surface area contributed by atoms with Gasteiger partial charge in [0.05, 0.1) is 0 Å². The molecule has 3 aromatic rings. The van der Waals surface area contributed by atoms with Crippen molar-refractivity contribution in [1.29, 1.82) is 0 Å². The first-order chi connectivity index (χ1) is 11.8. The fourth-order valence-corrected chi connectivity index (χ4v) is 4.32. The van der Waals surface area contributed by atoms with Gasteiger partial charge in [0.1, 0.15) is 0 Å². The number of rotatable bonds is 3. The maximum absolute atomic E-state index is 2.36. The predicted octanol–water partition coefficient (Wildman–Crippen LogP) is 6.48. The maximum atomic E-state index is 2.36. The Balaban J connectivity index is 1.79. The predicted molar refractivity (Wildman–Crippen MR) is 102 cm³/mol. The SMILES string of the molecule is C[C@@H](c1ccccc1)c1ccccc1[C@@H]1C[C@@H](C)c2ccccc21. The van der Waals surface area contributed by atoms with Crippen LogP contribution in [0.1, 0.15) is 65.8 Å². The van der Waals surface area contributed by atoms with Crippen LogP contribution >= 0.6 is 0 Å². The zero-order chi connectivity index (χ0) is 16.5. The minimum absolute atomic E-state index is 0.422. The van der Waals surface area contributed by atoms with E-state index in [2.05, 4.69) is 92.7 Å². The van der Waals surface area contributed by atoms with Crippen molar-refractivity contribution in [2.45, 2.75) is 38.0 Å². The number of hydrogen-bond acceptors (Lipinski definition) is 0. The second-order valence-corrected chi connectivity index (χ2v) is 7.08. The third kappa shape index (κ3) is 2.57. The summed E-state index contributed by atoms with van der Waals surface area (Å²) in [6, 6.07) is 28.9. The Morgan fingerprint density at radius 1 is 0.708 bits per heavy atom. The van der Waals surface area contributed by atoms with Crippen LogP contribution in [0.2, 0.25) is 0 Å². The molecule has 1 aliphatic rings. The molecule has 0 radical (unpaired) electrons. The fourth-order valence-electron chi connectivity index (χ4n) is 4.32. The Bertz CT molecular complexity index is 831. The summed E-state index contributed by atoms with van der Waals surface area (Å²) in [5.41, 5.74) is 7.43. The molecule has 0 heteroatoms. The van der Waals surface area contributed by atoms with Gasteiger partial charge in [0.2, 0.25) is 0 Å². The molecule has 24 heavy (non-hydrogen) atoms. The summed E-state index contributed by atoms with van der Waals surface area (Å²) in [5.74, 6) is 1.59. The van der Waals surface area contributed by atoms with Crippen molar-refractivity contribution in [1.82, 2.24) is 0 Å². The van der Waals surface area contributed by atoms with Crippen LogP contribution in [0, 0.1) is 0 Å². The molecule has 0 heterocycles. The fraction of sp³-hybridized carbons (Fsp3) is 0.250. The monoisotopic (exact) mass is 312 g/mol. The van der Waals surface area contributed by atoms with Gasteiger partial charge < -0.3 is 0 Å². The lowest BCUT2D eigenvalue weighted by atomic mass is 9.82. The lowest BCUT2D eigenvalue weighted by Gasteiger charge is -2.22. The average molecular weight is 312 g/mol. The molecular weight excluding hydrogens is 288 g/mol. The van der Waals surface area contributed by atoms with Gasteiger partial charge in [-0.25, -0.2) is 0 Å². The van der Waals surface area contributed by atoms with E-state index in [0.29, 0.717) is 17.8 Å². The van der Waals surface area contributed by atoms with Crippen molar-refractivity contribution < 1.29 is 0 Å². The molecule has 1 aliphatic carbocycles. The van der Waals surface area contributed by atoms with E-state index in [4.69, 9.17) is 0 Å². The summed E-state index contributed by atoms with van der Waals surface area (Å²) in [6.45, 7) is 4.69. The van der Waals surface area contributed by atoms with E-state index in [9.17, 15) is 0 Å². The van der Waals surface area contributed by atoms with Gasteiger partial charge in [-0.2, -0.15) is 0 Å². The third-order valence-electron chi connectivity index (χ3n) is 5.63. The Labute approximate surface area is 145 Å². The molecule has 0 nitrogen and oxygen atoms in total. The molecule has 0 saturated carbocycles. The number of fused-ring (bicyclic) bond motifs is 1. The van der Waals surface area contributed by atoms with E-state index in [1.54, 1.807) is 0 Å². The van der Waals surface area contributed by atoms with E-state index in [-0.39, 0.29) is 0 Å². The molecule has 0 fully saturated rings. The van der Waals surface area contributed by atoms with Gasteiger partial charge >= 0.3 is 0 Å². The maximum Gasteiger partial charge on any atom is 0.0101 e. The standard InChI is InChI=1S/C24H24/c1-17-16-24(22-14-8-6-12-20(17)22)23-15-9-7-13-21(23)18(2)19-10-4-3-5-11-19/h3-15,17-18,24H,16H2,1-2H3/t17-,18+,24-/m1/s1. The van der Waals surface area contributed by atoms with Crippen LogP contribution in [0.5, 0.6) is 0 Å². The first-order valence-electron chi connectivity index (χ1n) is 8.98. The van der Waals surface area contributed by atoms with E-state index in [1.165, 1.54) is 34.2 Å². The highest BCUT2D eigenvalue weighted by atomic mass is 14.3. The van der Waals surface area contributed by atoms with Crippen LogP contribution in [-0.2, 0) is 0 Å². The molecule has 120 valence electrons. The van der Waals surface area contributed by atoms with Gasteiger partial charge in [-0.1, -0.05) is 92.7 Å². The summed E-state index contributed by atoms with van der Waals surface area (Å²) < 4.78 is 0. The minimum atomic E-state index is 0.422. The molecule has 0 aromatic heterocycles. The van der Waals surface area contributed by atoms with Crippen LogP contribution in [-0.4, -0.2) is 0 Å². The van der Waals surface area contributed by atoms with Gasteiger partial charge in [-0.05, 0) is 40.2 Å². The summed E-state index contributed by atoms with van der Waals surface area (Å²) in [5, 5.41) is 0. The van der Waals surface area contributed by atoms with Gasteiger partial charge in [-0.3, -0.25) is 0 Å². The van der Waals surface area contributed by atoms with Crippen molar-refractivity contribution in [2.75, 3.05) is 0 Å². The van der Waals surface area contributed by atoms with E-state index in [1.807, 2.05) is 0 Å². The molecule has 3 atom stereocenters. The zero-order valence-electron chi connectivity index (χ0n) is 14.4. The highest BCUT2D eigenvalue weighted by Gasteiger charge is 2.30. The van der Waals surface area contributed by atoms with Crippen molar-refractivity contribution >= 4 is 0 Å². The normalized spacial score (nSPS) is 20.6. The highest BCUT2D eigenvalue weighted by Crippen LogP contribution is 2.47. The summed E-state index contributed by atoms with van der Waals surface area (Å²) >= 11 is 0. The average Bonchev–Trinajstić information content (AvgIpc) is 2.99. The molecular formula is C24H24. The molecule has 0 N–H and O–H groups in total. The Kier molecular flexibility index (Phi) is 3.98. The van der Waals surface area contributed by atoms with E-state index in [0.717, 1.165) is 0 Å². The Morgan fingerprint density at radius 2 is 1.29 bits per heavy atom. The first-order valence-corrected chi connectivity index (χ1v) is 8.98. The van der Waals surface area contributed by atoms with Crippen LogP contribution in [0.15, 0.2) is 78.9 Å². The van der Waals surface area contributed by atoms with Crippen molar-refractivity contribution in [3.05, 3.63) is 107 Å². The number of hydrogen-bond donors (Lipinski definition) is 0. The molecule has 0 saturated heterocycles. The van der Waals surface area contributed by atoms with Crippen LogP contribution in [0.25, 0.3) is 0 Å². The summed E-state index contributed by atoms with van der Waals surface area (Å²) in [7, 11) is 0. The largest absolute Gasteiger partial charge is 0.0622 e. The first kappa shape index (κ1) is 15.2. The van der Waals surface area contributed by atoms with Crippen molar-refractivity contribution in [3.8, 4) is 0 Å². The number of benzene rings is 3. The van der Waals surface area contributed by atoms with Gasteiger partial charge in [0.15, 0.2) is 0 Å². The van der Waals surface area contributed by atoms with Gasteiger partial charge in [-0.15, -0.1) is 0 Å². The van der Waals surface area contributed by atoms with Crippen molar-refractivity contribution in [3.63, 3.8) is 0 Å². The summed E-state index contributed by atoms with van der Waals surface area (Å²) in [6.07, 6.45) is 1.22. The highest BCUT2D eigenvalue weighted by molar-refractivity contribution is 5.49. The summed E-state index contributed by atoms with van der Waals surface area (Å²) in [4.78, 5) is 0.